The van der Waals surface area contributed by atoms with Gasteiger partial charge in [0.2, 0.25) is 0 Å². The molecule has 0 saturated heterocycles. The molecular formula is C12H21N3. The number of fused-ring (bicyclic) bond motifs is 1. The Morgan fingerprint density at radius 2 is 1.93 bits per heavy atom. The number of rotatable bonds is 1. The molecule has 0 radical (unpaired) electrons. The molecule has 1 aromatic rings. The normalized spacial score (nSPS) is 14.2. The highest BCUT2D eigenvalue weighted by Crippen LogP contribution is 2.27. The fraction of sp³-hybridized carbons (Fsp3) is 0.583. The van der Waals surface area contributed by atoms with Crippen LogP contribution in [-0.4, -0.2) is 31.0 Å². The van der Waals surface area contributed by atoms with Crippen LogP contribution in [0.3, 0.4) is 0 Å². The Morgan fingerprint density at radius 1 is 1.27 bits per heavy atom. The van der Waals surface area contributed by atoms with Crippen molar-refractivity contribution in [3.8, 4) is 0 Å². The van der Waals surface area contributed by atoms with Crippen LogP contribution in [0.15, 0.2) is 12.3 Å². The largest absolute Gasteiger partial charge is 0.377 e. The van der Waals surface area contributed by atoms with E-state index in [1.807, 2.05) is 20.0 Å². The van der Waals surface area contributed by atoms with Crippen LogP contribution in [0, 0.1) is 0 Å². The molecule has 0 aliphatic carbocycles. The van der Waals surface area contributed by atoms with Crippen molar-refractivity contribution in [2.24, 2.45) is 0 Å². The van der Waals surface area contributed by atoms with E-state index in [1.165, 1.54) is 16.9 Å². The second kappa shape index (κ2) is 5.12. The lowest BCUT2D eigenvalue weighted by Gasteiger charge is -2.15. The molecule has 0 saturated carbocycles. The highest BCUT2D eigenvalue weighted by Gasteiger charge is 2.20. The molecule has 3 heteroatoms. The molecule has 3 nitrogen and oxygen atoms in total. The van der Waals surface area contributed by atoms with Gasteiger partial charge in [-0.15, -0.1) is 0 Å². The van der Waals surface area contributed by atoms with Gasteiger partial charge in [0, 0.05) is 44.6 Å². The quantitative estimate of drug-likeness (QED) is 0.703. The smallest absolute Gasteiger partial charge is 0.0609 e. The molecule has 0 bridgehead atoms. The number of pyridine rings is 1. The summed E-state index contributed by atoms with van der Waals surface area (Å²) in [6.45, 7) is 6.01. The lowest BCUT2D eigenvalue weighted by atomic mass is 10.2. The molecule has 1 aromatic heterocycles. The van der Waals surface area contributed by atoms with Crippen molar-refractivity contribution in [1.29, 1.82) is 0 Å². The van der Waals surface area contributed by atoms with Crippen molar-refractivity contribution in [3.63, 3.8) is 0 Å². The summed E-state index contributed by atoms with van der Waals surface area (Å²) in [6.07, 6.45) is 1.90. The first kappa shape index (κ1) is 12.0. The van der Waals surface area contributed by atoms with Crippen molar-refractivity contribution in [2.45, 2.75) is 26.9 Å². The number of hydrogen-bond donors (Lipinski definition) is 0. The summed E-state index contributed by atoms with van der Waals surface area (Å²) in [7, 11) is 6.28. The van der Waals surface area contributed by atoms with E-state index in [-0.39, 0.29) is 0 Å². The fourth-order valence-electron chi connectivity index (χ4n) is 1.83. The zero-order chi connectivity index (χ0) is 11.4. The minimum atomic E-state index is 0.983. The zero-order valence-electron chi connectivity index (χ0n) is 10.4. The van der Waals surface area contributed by atoms with Crippen molar-refractivity contribution in [2.75, 3.05) is 26.0 Å². The Bertz CT molecular complexity index is 321. The van der Waals surface area contributed by atoms with E-state index in [2.05, 4.69) is 42.0 Å². The van der Waals surface area contributed by atoms with Gasteiger partial charge in [0.1, 0.15) is 0 Å². The van der Waals surface area contributed by atoms with Gasteiger partial charge in [-0.2, -0.15) is 0 Å². The molecule has 0 amide bonds. The highest BCUT2D eigenvalue weighted by molar-refractivity contribution is 5.54. The predicted octanol–water partition coefficient (Wildman–Crippen LogP) is 2.12. The van der Waals surface area contributed by atoms with Gasteiger partial charge >= 0.3 is 0 Å². The lowest BCUT2D eigenvalue weighted by Crippen LogP contribution is -2.12. The Hall–Kier alpha value is -1.09. The zero-order valence-corrected chi connectivity index (χ0v) is 10.4. The molecule has 0 spiro atoms. The molecule has 0 fully saturated rings. The Morgan fingerprint density at radius 3 is 2.53 bits per heavy atom. The van der Waals surface area contributed by atoms with E-state index in [0.29, 0.717) is 0 Å². The average Bonchev–Trinajstić information content (AvgIpc) is 2.60. The maximum Gasteiger partial charge on any atom is 0.0609 e. The summed E-state index contributed by atoms with van der Waals surface area (Å²) in [4.78, 5) is 8.82. The van der Waals surface area contributed by atoms with Crippen molar-refractivity contribution >= 4 is 5.69 Å². The molecule has 1 aliphatic rings. The summed E-state index contributed by atoms with van der Waals surface area (Å²) in [5.74, 6) is 0. The summed E-state index contributed by atoms with van der Waals surface area (Å²) in [6, 6.07) is 2.08. The molecule has 0 atom stereocenters. The summed E-state index contributed by atoms with van der Waals surface area (Å²) in [5, 5.41) is 0. The van der Waals surface area contributed by atoms with Gasteiger partial charge in [0.05, 0.1) is 5.69 Å². The third-order valence-corrected chi connectivity index (χ3v) is 2.45. The topological polar surface area (TPSA) is 19.4 Å². The monoisotopic (exact) mass is 207 g/mol. The van der Waals surface area contributed by atoms with Gasteiger partial charge in [-0.1, -0.05) is 13.8 Å². The molecule has 15 heavy (non-hydrogen) atoms. The first-order valence-electron chi connectivity index (χ1n) is 5.51. The molecule has 2 rings (SSSR count). The Kier molecular flexibility index (Phi) is 4.09. The van der Waals surface area contributed by atoms with Gasteiger partial charge in [0.15, 0.2) is 0 Å². The van der Waals surface area contributed by atoms with Gasteiger partial charge < -0.3 is 4.90 Å². The van der Waals surface area contributed by atoms with Gasteiger partial charge in [0.25, 0.3) is 0 Å². The first-order valence-corrected chi connectivity index (χ1v) is 5.51. The van der Waals surface area contributed by atoms with Crippen LogP contribution >= 0.6 is 0 Å². The second-order valence-electron chi connectivity index (χ2n) is 3.82. The van der Waals surface area contributed by atoms with E-state index < -0.39 is 0 Å². The molecule has 84 valence electrons. The van der Waals surface area contributed by atoms with Crippen LogP contribution in [-0.2, 0) is 13.1 Å². The standard InChI is InChI=1S/C10H15N3.C2H6/c1-12(2)10-4-5-11-9-7-13(3)6-8(9)10;1-2/h4-5H,6-7H2,1-3H3;1-2H3. The van der Waals surface area contributed by atoms with Crippen LogP contribution in [0.2, 0.25) is 0 Å². The van der Waals surface area contributed by atoms with Crippen molar-refractivity contribution in [3.05, 3.63) is 23.5 Å². The average molecular weight is 207 g/mol. The number of nitrogens with zero attached hydrogens (tertiary/aromatic N) is 3. The fourth-order valence-corrected chi connectivity index (χ4v) is 1.83. The summed E-state index contributed by atoms with van der Waals surface area (Å²) in [5.41, 5.74) is 3.91. The van der Waals surface area contributed by atoms with E-state index in [9.17, 15) is 0 Å². The van der Waals surface area contributed by atoms with Crippen LogP contribution in [0.5, 0.6) is 0 Å². The van der Waals surface area contributed by atoms with Gasteiger partial charge in [-0.25, -0.2) is 0 Å². The van der Waals surface area contributed by atoms with Gasteiger partial charge in [-0.3, -0.25) is 9.88 Å². The maximum atomic E-state index is 4.38. The van der Waals surface area contributed by atoms with Crippen molar-refractivity contribution < 1.29 is 0 Å². The third kappa shape index (κ3) is 2.48. The minimum Gasteiger partial charge on any atom is -0.377 e. The molecule has 0 aromatic carbocycles. The number of anilines is 1. The van der Waals surface area contributed by atoms with E-state index in [4.69, 9.17) is 0 Å². The van der Waals surface area contributed by atoms with Crippen LogP contribution in [0.25, 0.3) is 0 Å². The molecule has 0 N–H and O–H groups in total. The first-order chi connectivity index (χ1) is 7.18. The third-order valence-electron chi connectivity index (χ3n) is 2.45. The van der Waals surface area contributed by atoms with E-state index >= 15 is 0 Å². The second-order valence-corrected chi connectivity index (χ2v) is 3.82. The van der Waals surface area contributed by atoms with E-state index in [1.54, 1.807) is 0 Å². The van der Waals surface area contributed by atoms with Crippen LogP contribution in [0.4, 0.5) is 5.69 Å². The number of hydrogen-bond acceptors (Lipinski definition) is 3. The molecule has 1 aliphatic heterocycles. The predicted molar refractivity (Wildman–Crippen MR) is 65.1 cm³/mol. The van der Waals surface area contributed by atoms with Crippen LogP contribution < -0.4 is 4.90 Å². The molecular weight excluding hydrogens is 186 g/mol. The molecule has 0 unspecified atom stereocenters. The van der Waals surface area contributed by atoms with E-state index in [0.717, 1.165) is 13.1 Å². The Labute approximate surface area is 92.7 Å². The minimum absolute atomic E-state index is 0.983. The maximum absolute atomic E-state index is 4.38. The lowest BCUT2D eigenvalue weighted by molar-refractivity contribution is 0.351. The summed E-state index contributed by atoms with van der Waals surface area (Å²) < 4.78 is 0. The Balaban J connectivity index is 0.000000531. The number of aromatic nitrogens is 1. The van der Waals surface area contributed by atoms with Crippen LogP contribution in [0.1, 0.15) is 25.1 Å². The molecule has 2 heterocycles. The highest BCUT2D eigenvalue weighted by atomic mass is 15.1. The summed E-state index contributed by atoms with van der Waals surface area (Å²) >= 11 is 0. The van der Waals surface area contributed by atoms with Crippen molar-refractivity contribution in [1.82, 2.24) is 9.88 Å². The SMILES string of the molecule is CC.CN1Cc2nccc(N(C)C)c2C1. The van der Waals surface area contributed by atoms with Gasteiger partial charge in [-0.05, 0) is 13.1 Å².